The van der Waals surface area contributed by atoms with E-state index >= 15 is 0 Å². The van der Waals surface area contributed by atoms with Crippen LogP contribution in [0.5, 0.6) is 0 Å². The first-order chi connectivity index (χ1) is 7.76. The van der Waals surface area contributed by atoms with Crippen molar-refractivity contribution in [2.75, 3.05) is 58.9 Å². The number of hydrogen-bond donors (Lipinski definition) is 3. The summed E-state index contributed by atoms with van der Waals surface area (Å²) >= 11 is 0. The molecule has 5 heteroatoms. The molecule has 0 aromatic rings. The zero-order valence-corrected chi connectivity index (χ0v) is 10.4. The Balaban J connectivity index is 2.19. The molecule has 0 bridgehead atoms. The van der Waals surface area contributed by atoms with E-state index in [2.05, 4.69) is 22.0 Å². The summed E-state index contributed by atoms with van der Waals surface area (Å²) in [6, 6.07) is 0. The lowest BCUT2D eigenvalue weighted by molar-refractivity contribution is 0.0719. The highest BCUT2D eigenvalue weighted by atomic mass is 16.3. The highest BCUT2D eigenvalue weighted by Crippen LogP contribution is 1.98. The summed E-state index contributed by atoms with van der Waals surface area (Å²) in [6.07, 6.45) is -0.260. The number of aliphatic hydroxyl groups excluding tert-OH is 1. The predicted molar refractivity (Wildman–Crippen MR) is 66.5 cm³/mol. The fraction of sp³-hybridized carbons (Fsp3) is 1.00. The van der Waals surface area contributed by atoms with Crippen LogP contribution in [0.15, 0.2) is 0 Å². The van der Waals surface area contributed by atoms with Gasteiger partial charge in [-0.1, -0.05) is 6.92 Å². The van der Waals surface area contributed by atoms with Crippen LogP contribution in [0.25, 0.3) is 0 Å². The van der Waals surface area contributed by atoms with E-state index in [1.807, 2.05) is 0 Å². The third kappa shape index (κ3) is 5.23. The zero-order valence-electron chi connectivity index (χ0n) is 10.4. The second-order valence-electron chi connectivity index (χ2n) is 4.39. The van der Waals surface area contributed by atoms with Crippen molar-refractivity contribution in [3.05, 3.63) is 0 Å². The minimum atomic E-state index is -0.260. The van der Waals surface area contributed by atoms with Crippen molar-refractivity contribution < 1.29 is 5.11 Å². The molecule has 0 aliphatic carbocycles. The van der Waals surface area contributed by atoms with Crippen LogP contribution in [-0.4, -0.2) is 79.9 Å². The Kier molecular flexibility index (Phi) is 6.91. The van der Waals surface area contributed by atoms with Gasteiger partial charge in [0.15, 0.2) is 0 Å². The summed E-state index contributed by atoms with van der Waals surface area (Å²) < 4.78 is 0. The first-order valence-corrected chi connectivity index (χ1v) is 6.29. The third-order valence-corrected chi connectivity index (χ3v) is 3.04. The Morgan fingerprint density at radius 3 is 2.69 bits per heavy atom. The quantitative estimate of drug-likeness (QED) is 0.498. The van der Waals surface area contributed by atoms with E-state index in [1.165, 1.54) is 0 Å². The van der Waals surface area contributed by atoms with Crippen molar-refractivity contribution in [3.8, 4) is 0 Å². The van der Waals surface area contributed by atoms with Gasteiger partial charge in [-0.25, -0.2) is 0 Å². The van der Waals surface area contributed by atoms with Gasteiger partial charge in [-0.15, -0.1) is 0 Å². The summed E-state index contributed by atoms with van der Waals surface area (Å²) in [4.78, 5) is 4.52. The van der Waals surface area contributed by atoms with Crippen molar-refractivity contribution in [1.82, 2.24) is 15.1 Å². The maximum atomic E-state index is 9.99. The molecule has 0 aromatic carbocycles. The molecule has 5 nitrogen and oxygen atoms in total. The van der Waals surface area contributed by atoms with E-state index in [9.17, 15) is 5.11 Å². The van der Waals surface area contributed by atoms with Gasteiger partial charge in [0.2, 0.25) is 0 Å². The molecule has 1 aliphatic heterocycles. The van der Waals surface area contributed by atoms with Crippen molar-refractivity contribution in [2.45, 2.75) is 13.0 Å². The molecular formula is C11H26N4O. The Morgan fingerprint density at radius 1 is 1.44 bits per heavy atom. The lowest BCUT2D eigenvalue weighted by atomic mass is 10.2. The predicted octanol–water partition coefficient (Wildman–Crippen LogP) is -1.47. The van der Waals surface area contributed by atoms with Crippen LogP contribution in [0.4, 0.5) is 0 Å². The van der Waals surface area contributed by atoms with Gasteiger partial charge in [-0.3, -0.25) is 9.80 Å². The Morgan fingerprint density at radius 2 is 2.12 bits per heavy atom. The summed E-state index contributed by atoms with van der Waals surface area (Å²) in [7, 11) is 0. The smallest absolute Gasteiger partial charge is 0.0793 e. The van der Waals surface area contributed by atoms with E-state index < -0.39 is 0 Å². The number of nitrogens with zero attached hydrogens (tertiary/aromatic N) is 2. The van der Waals surface area contributed by atoms with Crippen molar-refractivity contribution >= 4 is 0 Å². The lowest BCUT2D eigenvalue weighted by Crippen LogP contribution is -2.48. The number of nitrogens with one attached hydrogen (secondary N) is 1. The molecule has 0 saturated carbocycles. The van der Waals surface area contributed by atoms with Crippen molar-refractivity contribution in [3.63, 3.8) is 0 Å². The first-order valence-electron chi connectivity index (χ1n) is 6.29. The molecule has 1 unspecified atom stereocenters. The third-order valence-electron chi connectivity index (χ3n) is 3.04. The molecule has 4 N–H and O–H groups in total. The molecule has 96 valence electrons. The lowest BCUT2D eigenvalue weighted by Gasteiger charge is -2.31. The summed E-state index contributed by atoms with van der Waals surface area (Å²) in [5.74, 6) is 0. The van der Waals surface area contributed by atoms with Crippen LogP contribution >= 0.6 is 0 Å². The van der Waals surface area contributed by atoms with E-state index in [0.29, 0.717) is 6.54 Å². The number of aliphatic hydroxyl groups is 1. The zero-order chi connectivity index (χ0) is 11.8. The van der Waals surface area contributed by atoms with Gasteiger partial charge in [-0.05, 0) is 6.54 Å². The molecule has 1 fully saturated rings. The van der Waals surface area contributed by atoms with E-state index in [0.717, 1.165) is 52.4 Å². The fourth-order valence-corrected chi connectivity index (χ4v) is 2.11. The average molecular weight is 230 g/mol. The number of piperazine rings is 1. The minimum Gasteiger partial charge on any atom is -0.390 e. The molecular weight excluding hydrogens is 204 g/mol. The SMILES string of the molecule is CCN(CCN)CC(O)CN1CCNCC1. The Hall–Kier alpha value is -0.200. The summed E-state index contributed by atoms with van der Waals surface area (Å²) in [6.45, 7) is 10.3. The van der Waals surface area contributed by atoms with Crippen LogP contribution in [0.1, 0.15) is 6.92 Å². The molecule has 1 aliphatic rings. The number of β-amino-alcohol motifs (C(OH)–C–C–N with tert-alkyl or cyclic N) is 1. The van der Waals surface area contributed by atoms with Crippen LogP contribution in [-0.2, 0) is 0 Å². The molecule has 0 spiro atoms. The molecule has 0 aromatic heterocycles. The monoisotopic (exact) mass is 230 g/mol. The van der Waals surface area contributed by atoms with Crippen LogP contribution < -0.4 is 11.1 Å². The largest absolute Gasteiger partial charge is 0.390 e. The highest BCUT2D eigenvalue weighted by molar-refractivity contribution is 4.73. The molecule has 16 heavy (non-hydrogen) atoms. The molecule has 1 heterocycles. The van der Waals surface area contributed by atoms with Gasteiger partial charge in [0.05, 0.1) is 6.10 Å². The Bertz CT molecular complexity index is 167. The highest BCUT2D eigenvalue weighted by Gasteiger charge is 2.15. The number of rotatable bonds is 7. The van der Waals surface area contributed by atoms with Gasteiger partial charge < -0.3 is 16.2 Å². The van der Waals surface area contributed by atoms with Crippen LogP contribution in [0.3, 0.4) is 0 Å². The van der Waals surface area contributed by atoms with E-state index in [1.54, 1.807) is 0 Å². The van der Waals surface area contributed by atoms with Gasteiger partial charge in [0.25, 0.3) is 0 Å². The fourth-order valence-electron chi connectivity index (χ4n) is 2.11. The van der Waals surface area contributed by atoms with Crippen LogP contribution in [0, 0.1) is 0 Å². The minimum absolute atomic E-state index is 0.260. The molecule has 1 rings (SSSR count). The summed E-state index contributed by atoms with van der Waals surface area (Å²) in [5.41, 5.74) is 5.52. The van der Waals surface area contributed by atoms with E-state index in [4.69, 9.17) is 5.73 Å². The number of likely N-dealkylation sites (N-methyl/N-ethyl adjacent to an activating group) is 1. The van der Waals surface area contributed by atoms with Crippen LogP contribution in [0.2, 0.25) is 0 Å². The molecule has 1 atom stereocenters. The number of nitrogens with two attached hydrogens (primary N) is 1. The van der Waals surface area contributed by atoms with E-state index in [-0.39, 0.29) is 6.10 Å². The van der Waals surface area contributed by atoms with Gasteiger partial charge in [0.1, 0.15) is 0 Å². The average Bonchev–Trinajstić information content (AvgIpc) is 2.29. The summed E-state index contributed by atoms with van der Waals surface area (Å²) in [5, 5.41) is 13.3. The maximum Gasteiger partial charge on any atom is 0.0793 e. The van der Waals surface area contributed by atoms with Gasteiger partial charge in [0, 0.05) is 52.4 Å². The first kappa shape index (κ1) is 13.9. The maximum absolute atomic E-state index is 9.99. The van der Waals surface area contributed by atoms with Gasteiger partial charge in [-0.2, -0.15) is 0 Å². The second-order valence-corrected chi connectivity index (χ2v) is 4.39. The molecule has 0 radical (unpaired) electrons. The van der Waals surface area contributed by atoms with Crippen molar-refractivity contribution in [2.24, 2.45) is 5.73 Å². The molecule has 0 amide bonds. The normalized spacial score (nSPS) is 20.2. The Labute approximate surface area is 98.6 Å². The topological polar surface area (TPSA) is 64.8 Å². The second kappa shape index (κ2) is 7.97. The number of hydrogen-bond acceptors (Lipinski definition) is 5. The molecule has 1 saturated heterocycles. The van der Waals surface area contributed by atoms with Crippen molar-refractivity contribution in [1.29, 1.82) is 0 Å². The standard InChI is InChI=1S/C11H26N4O/c1-2-14(6-3-12)9-11(16)10-15-7-4-13-5-8-15/h11,13,16H,2-10,12H2,1H3. The van der Waals surface area contributed by atoms with Gasteiger partial charge >= 0.3 is 0 Å².